The smallest absolute Gasteiger partial charge is 0.404 e. The van der Waals surface area contributed by atoms with Crippen LogP contribution in [0.25, 0.3) is 0 Å². The molecule has 1 unspecified atom stereocenters. The van der Waals surface area contributed by atoms with Crippen molar-refractivity contribution in [1.82, 2.24) is 0 Å². The molecule has 1 aromatic rings. The van der Waals surface area contributed by atoms with Crippen LogP contribution >= 0.6 is 28.6 Å². The topological polar surface area (TPSA) is 38.3 Å². The van der Waals surface area contributed by atoms with Crippen LogP contribution in [0.5, 0.6) is 5.75 Å². The van der Waals surface area contributed by atoms with Crippen LogP contribution in [0.1, 0.15) is 6.92 Å². The molecule has 100 valence electrons. The number of nitrogens with one attached hydrogen (secondary N) is 1. The molecule has 8 heteroatoms. The molecule has 0 radical (unpaired) electrons. The molecular weight excluding hydrogens is 335 g/mol. The van der Waals surface area contributed by atoms with Gasteiger partial charge in [0.05, 0.1) is 10.9 Å². The fourth-order valence-electron chi connectivity index (χ4n) is 1.05. The summed E-state index contributed by atoms with van der Waals surface area (Å²) in [6.45, 7) is 1.50. The average Bonchev–Trinajstić information content (AvgIpc) is 2.19. The molecular formula is C10H9BrF3NO2S. The van der Waals surface area contributed by atoms with E-state index in [4.69, 9.17) is 0 Å². The second-order valence-corrected chi connectivity index (χ2v) is 5.04. The summed E-state index contributed by atoms with van der Waals surface area (Å²) >= 11 is 6.90. The third-order valence-corrected chi connectivity index (χ3v) is 2.53. The Morgan fingerprint density at radius 2 is 2.11 bits per heavy atom. The Morgan fingerprint density at radius 1 is 1.50 bits per heavy atom. The minimum absolute atomic E-state index is 0.0681. The zero-order valence-corrected chi connectivity index (χ0v) is 11.6. The van der Waals surface area contributed by atoms with E-state index in [1.165, 1.54) is 19.1 Å². The lowest BCUT2D eigenvalue weighted by molar-refractivity contribution is -0.274. The summed E-state index contributed by atoms with van der Waals surface area (Å²) in [6, 6.07) is 3.91. The van der Waals surface area contributed by atoms with Gasteiger partial charge in [-0.25, -0.2) is 0 Å². The van der Waals surface area contributed by atoms with Gasteiger partial charge in [-0.15, -0.1) is 13.2 Å². The van der Waals surface area contributed by atoms with Gasteiger partial charge in [0.15, 0.2) is 5.75 Å². The first-order valence-corrected chi connectivity index (χ1v) is 6.04. The Morgan fingerprint density at radius 3 is 2.61 bits per heavy atom. The van der Waals surface area contributed by atoms with Crippen LogP contribution in [0.15, 0.2) is 22.7 Å². The molecule has 18 heavy (non-hydrogen) atoms. The van der Waals surface area contributed by atoms with Gasteiger partial charge in [0, 0.05) is 4.47 Å². The van der Waals surface area contributed by atoms with Gasteiger partial charge in [0.1, 0.15) is 0 Å². The molecule has 0 spiro atoms. The molecule has 1 amide bonds. The van der Waals surface area contributed by atoms with Crippen molar-refractivity contribution >= 4 is 40.2 Å². The van der Waals surface area contributed by atoms with Gasteiger partial charge in [-0.1, -0.05) is 15.9 Å². The molecule has 0 aromatic heterocycles. The van der Waals surface area contributed by atoms with Crippen LogP contribution in [0, 0.1) is 0 Å². The van der Waals surface area contributed by atoms with Crippen molar-refractivity contribution in [2.75, 3.05) is 5.32 Å². The number of benzene rings is 1. The first-order valence-electron chi connectivity index (χ1n) is 4.73. The SMILES string of the molecule is CC(S)C(=O)Nc1ccc(Br)cc1OC(F)(F)F. The van der Waals surface area contributed by atoms with E-state index >= 15 is 0 Å². The monoisotopic (exact) mass is 343 g/mol. The maximum absolute atomic E-state index is 12.2. The Hall–Kier alpha value is -0.890. The molecule has 3 nitrogen and oxygen atoms in total. The molecule has 0 heterocycles. The number of ether oxygens (including phenoxy) is 1. The second-order valence-electron chi connectivity index (χ2n) is 3.35. The summed E-state index contributed by atoms with van der Waals surface area (Å²) in [5, 5.41) is 1.65. The molecule has 0 aliphatic rings. The van der Waals surface area contributed by atoms with Crippen LogP contribution in [0.3, 0.4) is 0 Å². The highest BCUT2D eigenvalue weighted by molar-refractivity contribution is 9.10. The molecule has 0 fully saturated rings. The summed E-state index contributed by atoms with van der Waals surface area (Å²) in [7, 11) is 0. The molecule has 0 bridgehead atoms. The molecule has 1 rings (SSSR count). The normalized spacial score (nSPS) is 13.0. The van der Waals surface area contributed by atoms with Crippen molar-refractivity contribution in [1.29, 1.82) is 0 Å². The predicted molar refractivity (Wildman–Crippen MR) is 67.9 cm³/mol. The van der Waals surface area contributed by atoms with Gasteiger partial charge in [0.25, 0.3) is 0 Å². The Labute approximate surface area is 115 Å². The van der Waals surface area contributed by atoms with Crippen LogP contribution in [-0.2, 0) is 4.79 Å². The predicted octanol–water partition coefficient (Wildman–Crippen LogP) is 3.60. The number of hydrogen-bond donors (Lipinski definition) is 2. The number of alkyl halides is 3. The zero-order chi connectivity index (χ0) is 13.9. The van der Waals surface area contributed by atoms with Crippen molar-refractivity contribution in [3.05, 3.63) is 22.7 Å². The van der Waals surface area contributed by atoms with E-state index in [2.05, 4.69) is 38.6 Å². The third-order valence-electron chi connectivity index (χ3n) is 1.81. The standard InChI is InChI=1S/C10H9BrF3NO2S/c1-5(18)9(16)15-7-3-2-6(11)4-8(7)17-10(12,13)14/h2-5,18H,1H3,(H,15,16). The van der Waals surface area contributed by atoms with Gasteiger partial charge in [0.2, 0.25) is 5.91 Å². The maximum atomic E-state index is 12.2. The number of halogens is 4. The fourth-order valence-corrected chi connectivity index (χ4v) is 1.45. The summed E-state index contributed by atoms with van der Waals surface area (Å²) in [5.74, 6) is -1.01. The lowest BCUT2D eigenvalue weighted by atomic mass is 10.3. The first kappa shape index (κ1) is 15.2. The van der Waals surface area contributed by atoms with Crippen molar-refractivity contribution < 1.29 is 22.7 Å². The van der Waals surface area contributed by atoms with Gasteiger partial charge in [-0.05, 0) is 25.1 Å². The largest absolute Gasteiger partial charge is 0.573 e. The molecule has 1 aromatic carbocycles. The van der Waals surface area contributed by atoms with E-state index in [1.807, 2.05) is 0 Å². The van der Waals surface area contributed by atoms with E-state index in [0.717, 1.165) is 6.07 Å². The number of rotatable bonds is 3. The number of anilines is 1. The second kappa shape index (κ2) is 5.83. The van der Waals surface area contributed by atoms with Crippen LogP contribution in [0.2, 0.25) is 0 Å². The maximum Gasteiger partial charge on any atom is 0.573 e. The summed E-state index contributed by atoms with van der Waals surface area (Å²) in [4.78, 5) is 11.4. The van der Waals surface area contributed by atoms with Gasteiger partial charge >= 0.3 is 6.36 Å². The van der Waals surface area contributed by atoms with Gasteiger partial charge in [-0.2, -0.15) is 12.6 Å². The first-order chi connectivity index (χ1) is 8.19. The van der Waals surface area contributed by atoms with E-state index in [9.17, 15) is 18.0 Å². The Bertz CT molecular complexity index is 451. The lowest BCUT2D eigenvalue weighted by Gasteiger charge is -2.15. The fraction of sp³-hybridized carbons (Fsp3) is 0.300. The van der Waals surface area contributed by atoms with E-state index < -0.39 is 23.3 Å². The quantitative estimate of drug-likeness (QED) is 0.823. The van der Waals surface area contributed by atoms with E-state index in [1.54, 1.807) is 0 Å². The van der Waals surface area contributed by atoms with Gasteiger partial charge in [-0.3, -0.25) is 4.79 Å². The molecule has 0 aliphatic heterocycles. The summed E-state index contributed by atoms with van der Waals surface area (Å²) in [6.07, 6.45) is -4.83. The van der Waals surface area contributed by atoms with Crippen molar-refractivity contribution in [2.24, 2.45) is 0 Å². The average molecular weight is 344 g/mol. The summed E-state index contributed by atoms with van der Waals surface area (Å²) < 4.78 is 40.8. The molecule has 0 saturated carbocycles. The number of thiol groups is 1. The number of amides is 1. The lowest BCUT2D eigenvalue weighted by Crippen LogP contribution is -2.23. The van der Waals surface area contributed by atoms with Crippen molar-refractivity contribution in [3.63, 3.8) is 0 Å². The zero-order valence-electron chi connectivity index (χ0n) is 9.08. The van der Waals surface area contributed by atoms with Crippen LogP contribution in [0.4, 0.5) is 18.9 Å². The summed E-state index contributed by atoms with van der Waals surface area (Å²) in [5.41, 5.74) is -0.0681. The Kier molecular flexibility index (Phi) is 4.92. The minimum atomic E-state index is -4.83. The number of carbonyl (C=O) groups is 1. The Balaban J connectivity index is 3.00. The van der Waals surface area contributed by atoms with Crippen molar-refractivity contribution in [2.45, 2.75) is 18.5 Å². The van der Waals surface area contributed by atoms with E-state index in [-0.39, 0.29) is 5.69 Å². The highest BCUT2D eigenvalue weighted by Crippen LogP contribution is 2.33. The number of carbonyl (C=O) groups excluding carboxylic acids is 1. The van der Waals surface area contributed by atoms with Crippen LogP contribution in [-0.4, -0.2) is 17.5 Å². The molecule has 0 saturated heterocycles. The molecule has 1 atom stereocenters. The molecule has 0 aliphatic carbocycles. The van der Waals surface area contributed by atoms with E-state index in [0.29, 0.717) is 4.47 Å². The third kappa shape index (κ3) is 4.77. The number of hydrogen-bond acceptors (Lipinski definition) is 3. The van der Waals surface area contributed by atoms with Crippen LogP contribution < -0.4 is 10.1 Å². The van der Waals surface area contributed by atoms with Gasteiger partial charge < -0.3 is 10.1 Å². The minimum Gasteiger partial charge on any atom is -0.404 e. The highest BCUT2D eigenvalue weighted by atomic mass is 79.9. The van der Waals surface area contributed by atoms with Crippen molar-refractivity contribution in [3.8, 4) is 5.75 Å². The highest BCUT2D eigenvalue weighted by Gasteiger charge is 2.32. The molecule has 1 N–H and O–H groups in total.